The molecule has 1 aliphatic rings. The highest BCUT2D eigenvalue weighted by atomic mass is 32.2. The van der Waals surface area contributed by atoms with Crippen molar-refractivity contribution in [1.82, 2.24) is 4.90 Å². The van der Waals surface area contributed by atoms with Crippen molar-refractivity contribution < 1.29 is 19.1 Å². The highest BCUT2D eigenvalue weighted by molar-refractivity contribution is 8.23. The van der Waals surface area contributed by atoms with Gasteiger partial charge in [-0.3, -0.25) is 9.59 Å². The quantitative estimate of drug-likeness (QED) is 0.259. The lowest BCUT2D eigenvalue weighted by Crippen LogP contribution is -2.41. The molecule has 1 amide bonds. The molecule has 1 N–H and O–H groups in total. The molecule has 7 heteroatoms. The highest BCUT2D eigenvalue weighted by Gasteiger charge is 2.31. The number of furan rings is 1. The summed E-state index contributed by atoms with van der Waals surface area (Å²) in [5.41, 5.74) is 3.77. The fraction of sp³-hybridized carbons (Fsp3) is 0.276. The predicted octanol–water partition coefficient (Wildman–Crippen LogP) is 6.83. The van der Waals surface area contributed by atoms with Gasteiger partial charge < -0.3 is 14.4 Å². The van der Waals surface area contributed by atoms with E-state index >= 15 is 0 Å². The van der Waals surface area contributed by atoms with Gasteiger partial charge in [0.05, 0.1) is 17.1 Å². The van der Waals surface area contributed by atoms with Gasteiger partial charge in [0.2, 0.25) is 0 Å². The van der Waals surface area contributed by atoms with Crippen LogP contribution in [0, 0.1) is 5.92 Å². The minimum absolute atomic E-state index is 0.0187. The van der Waals surface area contributed by atoms with E-state index in [1.54, 1.807) is 18.2 Å². The molecular weight excluding hydrogens is 490 g/mol. The van der Waals surface area contributed by atoms with Crippen molar-refractivity contribution >= 4 is 40.6 Å². The van der Waals surface area contributed by atoms with Crippen molar-refractivity contribution in [3.8, 4) is 11.3 Å². The molecule has 4 rings (SSSR count). The Morgan fingerprint density at radius 2 is 1.78 bits per heavy atom. The first-order chi connectivity index (χ1) is 17.4. The number of amides is 1. The SMILES string of the molecule is C=C(SC=S)C(=O)N(C)C1CCCC(C(=O)O)C1.c1ccc(Cc2ccc(-c3ccco3)cc2)cc1. The number of thiocarbonyl (C=S) groups is 1. The van der Waals surface area contributed by atoms with E-state index in [9.17, 15) is 9.59 Å². The predicted molar refractivity (Wildman–Crippen MR) is 150 cm³/mol. The number of hydrogen-bond acceptors (Lipinski definition) is 5. The van der Waals surface area contributed by atoms with Crippen LogP contribution in [0.15, 0.2) is 88.9 Å². The summed E-state index contributed by atoms with van der Waals surface area (Å²) in [7, 11) is 1.70. The average molecular weight is 522 g/mol. The summed E-state index contributed by atoms with van der Waals surface area (Å²) in [6.45, 7) is 3.67. The van der Waals surface area contributed by atoms with Gasteiger partial charge in [0.25, 0.3) is 5.91 Å². The van der Waals surface area contributed by atoms with Gasteiger partial charge >= 0.3 is 5.97 Å². The van der Waals surface area contributed by atoms with Crippen molar-refractivity contribution in [2.75, 3.05) is 7.05 Å². The van der Waals surface area contributed by atoms with Crippen molar-refractivity contribution in [2.45, 2.75) is 38.1 Å². The Morgan fingerprint density at radius 3 is 2.39 bits per heavy atom. The minimum Gasteiger partial charge on any atom is -0.481 e. The van der Waals surface area contributed by atoms with Gasteiger partial charge in [-0.15, -0.1) is 0 Å². The number of nitrogens with zero attached hydrogens (tertiary/aromatic N) is 1. The smallest absolute Gasteiger partial charge is 0.306 e. The zero-order valence-electron chi connectivity index (χ0n) is 20.3. The van der Waals surface area contributed by atoms with Gasteiger partial charge in [0.1, 0.15) is 5.76 Å². The third kappa shape index (κ3) is 7.93. The summed E-state index contributed by atoms with van der Waals surface area (Å²) in [5.74, 6) is -0.364. The molecule has 2 aromatic carbocycles. The maximum absolute atomic E-state index is 12.0. The van der Waals surface area contributed by atoms with E-state index in [4.69, 9.17) is 9.52 Å². The van der Waals surface area contributed by atoms with Crippen LogP contribution in [0.25, 0.3) is 11.3 Å². The molecule has 5 nitrogen and oxygen atoms in total. The largest absolute Gasteiger partial charge is 0.481 e. The molecule has 1 heterocycles. The lowest BCUT2D eigenvalue weighted by molar-refractivity contribution is -0.144. The lowest BCUT2D eigenvalue weighted by Gasteiger charge is -2.34. The summed E-state index contributed by atoms with van der Waals surface area (Å²) in [6.07, 6.45) is 5.58. The number of aliphatic carboxylic acids is 1. The molecule has 188 valence electrons. The molecule has 1 aliphatic carbocycles. The van der Waals surface area contributed by atoms with E-state index in [0.29, 0.717) is 17.7 Å². The molecule has 0 saturated heterocycles. The van der Waals surface area contributed by atoms with Crippen LogP contribution in [0.5, 0.6) is 0 Å². The number of carbonyl (C=O) groups is 2. The first-order valence-corrected chi connectivity index (χ1v) is 13.2. The topological polar surface area (TPSA) is 70.8 Å². The van der Waals surface area contributed by atoms with E-state index in [1.807, 2.05) is 18.2 Å². The molecule has 0 aliphatic heterocycles. The molecule has 0 spiro atoms. The van der Waals surface area contributed by atoms with Gasteiger partial charge in [-0.05, 0) is 48.9 Å². The van der Waals surface area contributed by atoms with Gasteiger partial charge in [0, 0.05) is 23.4 Å². The number of likely N-dealkylation sites (N-methyl/N-ethyl adjacent to an activating group) is 1. The third-order valence-electron chi connectivity index (χ3n) is 6.30. The lowest BCUT2D eigenvalue weighted by atomic mass is 9.85. The van der Waals surface area contributed by atoms with Crippen LogP contribution in [-0.4, -0.2) is 39.7 Å². The number of thioether (sulfide) groups is 1. The van der Waals surface area contributed by atoms with Crippen LogP contribution < -0.4 is 0 Å². The maximum atomic E-state index is 12.0. The Kier molecular flexibility index (Phi) is 10.5. The van der Waals surface area contributed by atoms with Crippen molar-refractivity contribution in [3.63, 3.8) is 0 Å². The average Bonchev–Trinajstić information content (AvgIpc) is 3.45. The zero-order chi connectivity index (χ0) is 25.9. The third-order valence-corrected chi connectivity index (χ3v) is 7.15. The number of carbonyl (C=O) groups excluding carboxylic acids is 1. The van der Waals surface area contributed by atoms with Crippen LogP contribution in [-0.2, 0) is 16.0 Å². The fourth-order valence-electron chi connectivity index (χ4n) is 4.27. The van der Waals surface area contributed by atoms with Crippen molar-refractivity contribution in [1.29, 1.82) is 0 Å². The summed E-state index contributed by atoms with van der Waals surface area (Å²) in [4.78, 5) is 25.0. The zero-order valence-corrected chi connectivity index (χ0v) is 22.0. The molecule has 0 bridgehead atoms. The normalized spacial score (nSPS) is 16.8. The van der Waals surface area contributed by atoms with Gasteiger partial charge in [-0.2, -0.15) is 0 Å². The van der Waals surface area contributed by atoms with E-state index in [-0.39, 0.29) is 17.9 Å². The molecule has 3 aromatic rings. The fourth-order valence-corrected chi connectivity index (χ4v) is 4.98. The molecule has 2 unspecified atom stereocenters. The molecule has 1 saturated carbocycles. The Hall–Kier alpha value is -3.16. The van der Waals surface area contributed by atoms with Crippen LogP contribution in [0.4, 0.5) is 0 Å². The van der Waals surface area contributed by atoms with E-state index in [0.717, 1.165) is 42.3 Å². The number of rotatable bonds is 8. The maximum Gasteiger partial charge on any atom is 0.306 e. The van der Waals surface area contributed by atoms with Crippen LogP contribution in [0.2, 0.25) is 0 Å². The molecule has 1 fully saturated rings. The van der Waals surface area contributed by atoms with Gasteiger partial charge in [-0.1, -0.05) is 91.6 Å². The highest BCUT2D eigenvalue weighted by Crippen LogP contribution is 2.29. The molecule has 36 heavy (non-hydrogen) atoms. The van der Waals surface area contributed by atoms with Crippen molar-refractivity contribution in [2.24, 2.45) is 5.92 Å². The van der Waals surface area contributed by atoms with Crippen molar-refractivity contribution in [3.05, 3.63) is 95.6 Å². The Bertz CT molecular complexity index is 1140. The van der Waals surface area contributed by atoms with Crippen LogP contribution in [0.1, 0.15) is 36.8 Å². The molecule has 1 aromatic heterocycles. The monoisotopic (exact) mass is 521 g/mol. The number of carboxylic acid groups (broad SMARTS) is 1. The summed E-state index contributed by atoms with van der Waals surface area (Å²) in [5, 5.41) is 9.03. The second-order valence-electron chi connectivity index (χ2n) is 8.75. The summed E-state index contributed by atoms with van der Waals surface area (Å²) in [6, 6.07) is 22.9. The molecular formula is C29H31NO4S2. The molecule has 2 atom stereocenters. The summed E-state index contributed by atoms with van der Waals surface area (Å²) < 4.78 is 6.78. The Labute approximate surface area is 222 Å². The first-order valence-electron chi connectivity index (χ1n) is 11.8. The Morgan fingerprint density at radius 1 is 1.08 bits per heavy atom. The number of benzene rings is 2. The van der Waals surface area contributed by atoms with E-state index in [2.05, 4.69) is 67.3 Å². The minimum atomic E-state index is -0.771. The van der Waals surface area contributed by atoms with E-state index in [1.165, 1.54) is 15.8 Å². The first kappa shape index (κ1) is 27.4. The second-order valence-corrected chi connectivity index (χ2v) is 10.2. The second kappa shape index (κ2) is 13.8. The Balaban J connectivity index is 0.000000201. The number of carboxylic acids is 1. The molecule has 0 radical (unpaired) electrons. The number of hydrogen-bond donors (Lipinski definition) is 1. The van der Waals surface area contributed by atoms with Gasteiger partial charge in [0.15, 0.2) is 0 Å². The van der Waals surface area contributed by atoms with E-state index < -0.39 is 5.97 Å². The van der Waals surface area contributed by atoms with Gasteiger partial charge in [-0.25, -0.2) is 0 Å². The standard InChI is InChI=1S/C17H14O.C12H17NO3S2/c1-2-5-14(6-3-1)13-15-8-10-16(11-9-15)17-7-4-12-18-17;1-8(18-7-17)11(14)13(2)10-5-3-4-9(6-10)12(15)16/h1-12H,13H2;7,9-10H,1,3-6H2,2H3,(H,15,16). The summed E-state index contributed by atoms with van der Waals surface area (Å²) >= 11 is 5.80. The van der Waals surface area contributed by atoms with Crippen LogP contribution >= 0.6 is 24.0 Å². The van der Waals surface area contributed by atoms with Crippen LogP contribution in [0.3, 0.4) is 0 Å².